The van der Waals surface area contributed by atoms with Gasteiger partial charge in [-0.05, 0) is 102 Å². The van der Waals surface area contributed by atoms with Crippen LogP contribution in [0.15, 0.2) is 71.6 Å². The molecule has 3 fully saturated rings. The first-order chi connectivity index (χ1) is 56.5. The monoisotopic (exact) mass is 1880 g/mol. The number of unbranched alkanes of at least 4 members (excludes halogenated alkanes) is 6. The van der Waals surface area contributed by atoms with Gasteiger partial charge in [-0.1, -0.05) is 49.9 Å². The number of H-pyrrole nitrogens is 3. The zero-order valence-electron chi connectivity index (χ0n) is 64.6. The molecule has 18 atom stereocenters. The summed E-state index contributed by atoms with van der Waals surface area (Å²) in [5.74, 6) is -0.316. The number of nitrogens with one attached hydrogen (secondary N) is 5. The quantitative estimate of drug-likeness (QED) is 0.0197. The van der Waals surface area contributed by atoms with Crippen LogP contribution in [0.2, 0.25) is 0 Å². The summed E-state index contributed by atoms with van der Waals surface area (Å²) < 4.78 is 174. The van der Waals surface area contributed by atoms with Gasteiger partial charge in [0.2, 0.25) is 5.91 Å². The van der Waals surface area contributed by atoms with E-state index in [0.29, 0.717) is 81.2 Å². The zero-order valence-corrected chi connectivity index (χ0v) is 71.8. The molecule has 3 aliphatic heterocycles. The van der Waals surface area contributed by atoms with E-state index in [9.17, 15) is 124 Å². The van der Waals surface area contributed by atoms with Gasteiger partial charge in [0, 0.05) is 73.2 Å². The minimum Gasteiger partial charge on any atom is -0.756 e. The van der Waals surface area contributed by atoms with Crippen molar-refractivity contribution in [3.63, 3.8) is 0 Å². The van der Waals surface area contributed by atoms with E-state index in [4.69, 9.17) is 37.0 Å². The van der Waals surface area contributed by atoms with E-state index < -0.39 is 197 Å². The number of carbonyl (C=O) groups is 2. The Morgan fingerprint density at radius 3 is 1.45 bits per heavy atom. The highest BCUT2D eigenvalue weighted by atomic mass is 31.3. The third-order valence-electron chi connectivity index (χ3n) is 18.6. The number of alkyl carbamates (subject to hydrolysis) is 1. The number of nitrogens with zero attached hydrogens (tertiary/aromatic N) is 5. The summed E-state index contributed by atoms with van der Waals surface area (Å²) in [5.41, 5.74) is 0.256. The number of rotatable bonds is 44. The maximum absolute atomic E-state index is 13.3. The number of carbonyl (C=O) groups excluding carboxylic acids is 2. The number of aromatic amines is 3. The molecule has 0 bridgehead atoms. The molecule has 4 aliphatic rings. The zero-order chi connectivity index (χ0) is 88.8. The highest BCUT2D eigenvalue weighted by Crippen LogP contribution is 2.75. The summed E-state index contributed by atoms with van der Waals surface area (Å²) in [5, 5.41) is 35.5. The summed E-state index contributed by atoms with van der Waals surface area (Å²) in [6.07, 6.45) is -5.37. The molecule has 3 saturated heterocycles. The molecule has 9 rings (SSSR count). The third kappa shape index (κ3) is 30.3. The molecule has 59 heteroatoms. The molecule has 0 saturated carbocycles. The smallest absolute Gasteiger partial charge is 0.490 e. The average molecular weight is 1880 g/mol. The number of aromatic nitrogens is 8. The van der Waals surface area contributed by atoms with Crippen molar-refractivity contribution >= 4 is 74.6 Å². The molecular formula is C62H90N10O41P8-2. The average Bonchev–Trinajstić information content (AvgIpc) is 1.79. The van der Waals surface area contributed by atoms with Gasteiger partial charge in [-0.3, -0.25) is 66.0 Å². The van der Waals surface area contributed by atoms with Crippen LogP contribution in [-0.4, -0.2) is 179 Å². The lowest BCUT2D eigenvalue weighted by Crippen LogP contribution is -2.34. The van der Waals surface area contributed by atoms with Crippen LogP contribution in [0.1, 0.15) is 148 Å². The molecule has 1 aromatic carbocycles. The molecule has 1 aliphatic carbocycles. The first kappa shape index (κ1) is 98.7. The topological polar surface area (TPSA) is 732 Å². The predicted molar refractivity (Wildman–Crippen MR) is 405 cm³/mol. The number of aryl methyl sites for hydroxylation is 4. The molecule has 2 amide bonds. The van der Waals surface area contributed by atoms with Gasteiger partial charge in [0.05, 0.1) is 69.2 Å². The molecule has 7 heterocycles. The van der Waals surface area contributed by atoms with Crippen LogP contribution in [0.5, 0.6) is 0 Å². The number of hydrogen-bond donors (Lipinski definition) is 13. The number of hydrogen-bond acceptors (Lipinski definition) is 37. The Kier molecular flexibility index (Phi) is 34.7. The molecule has 9 unspecified atom stereocenters. The number of fused-ring (bicyclic) bond motifs is 1. The van der Waals surface area contributed by atoms with Crippen LogP contribution in [-0.2, 0) is 128 Å². The molecule has 51 nitrogen and oxygen atoms in total. The van der Waals surface area contributed by atoms with Crippen molar-refractivity contribution in [3.05, 3.63) is 144 Å². The van der Waals surface area contributed by atoms with Crippen LogP contribution in [0.4, 0.5) is 4.79 Å². The Labute approximate surface area is 684 Å². The van der Waals surface area contributed by atoms with Gasteiger partial charge >= 0.3 is 70.1 Å². The number of ether oxygens (including phenoxy) is 4. The second kappa shape index (κ2) is 42.5. The first-order valence-electron chi connectivity index (χ1n) is 37.0. The van der Waals surface area contributed by atoms with Crippen LogP contribution in [0.25, 0.3) is 11.3 Å². The lowest BCUT2D eigenvalue weighted by molar-refractivity contribution is -0.236. The van der Waals surface area contributed by atoms with Crippen molar-refractivity contribution in [2.75, 3.05) is 46.1 Å². The van der Waals surface area contributed by atoms with Gasteiger partial charge in [0.25, 0.3) is 32.3 Å². The van der Waals surface area contributed by atoms with Crippen molar-refractivity contribution in [2.24, 2.45) is 0 Å². The molecule has 5 aromatic rings. The second-order valence-corrected chi connectivity index (χ2v) is 40.2. The van der Waals surface area contributed by atoms with E-state index in [1.54, 1.807) is 12.1 Å². The minimum atomic E-state index is -6.56. The van der Waals surface area contributed by atoms with Gasteiger partial charge < -0.3 is 97.0 Å². The van der Waals surface area contributed by atoms with Crippen molar-refractivity contribution in [3.8, 4) is 11.3 Å². The predicted octanol–water partition coefficient (Wildman–Crippen LogP) is 2.85. The summed E-state index contributed by atoms with van der Waals surface area (Å²) in [4.78, 5) is 191. The van der Waals surface area contributed by atoms with Gasteiger partial charge in [-0.25, -0.2) is 46.6 Å². The van der Waals surface area contributed by atoms with E-state index >= 15 is 0 Å². The maximum atomic E-state index is 13.3. The molecule has 4 aromatic heterocycles. The van der Waals surface area contributed by atoms with Crippen molar-refractivity contribution in [2.45, 2.75) is 198 Å². The fourth-order valence-corrected chi connectivity index (χ4v) is 22.3. The Morgan fingerprint density at radius 2 is 0.934 bits per heavy atom. The molecule has 13 N–H and O–H groups in total. The van der Waals surface area contributed by atoms with E-state index in [0.717, 1.165) is 42.8 Å². The van der Waals surface area contributed by atoms with Gasteiger partial charge in [0.15, 0.2) is 0 Å². The minimum absolute atomic E-state index is 0.00216. The lowest BCUT2D eigenvalue weighted by atomic mass is 9.89. The Bertz CT molecular complexity index is 5300. The fraction of sp³-hybridized carbons (Fsp3) is 0.613. The number of aliphatic hydroxyl groups excluding tert-OH is 2. The van der Waals surface area contributed by atoms with Gasteiger partial charge in [-0.15, -0.1) is 5.10 Å². The summed E-state index contributed by atoms with van der Waals surface area (Å²) >= 11 is 0. The highest BCUT2D eigenvalue weighted by Gasteiger charge is 2.51. The Balaban J connectivity index is 0.615. The second-order valence-electron chi connectivity index (χ2n) is 28.0. The number of phosphoric acid groups is 8. The van der Waals surface area contributed by atoms with Crippen molar-refractivity contribution < 1.29 is 163 Å². The van der Waals surface area contributed by atoms with Crippen molar-refractivity contribution in [1.82, 2.24) is 49.5 Å². The standard InChI is InChI=1S/C62H92N10O41P8/c1-36-30-70(59(79)65-56(36)76)52-27-45(73)48(105-52)33-102-115(85,86)108-47-29-54(72-32-38(3)58(78)67-61(72)81)107-50(47)35-101-114(83,84)99-24-11-8-6-10-23-64-62(82)104-42-14-13-15-44-43(21-20-42)39(4)68-69-55(44)41-18-16-40(17-19-41)26-51(75)63-22-9-5-7-12-25-100-116(87,88)109-118(91,92)111-120(95,96)113-121(97,98)112-119(93,94)110-117(89,90)103-34-49-46(74)28-53(106-49)71-31-37(2)57(77)66-60(71)80/h16-19,30-32,42,45-50,52-54,73-74H,5-15,20-29,33-35H2,1-4H3,(H,63,75)(H,64,82)(H,83,84)(H,85,86)(H,87,88)(H,89,90)(H,91,92)(H,93,94)(H,95,96)(H,97,98)(H,65,76,79)(H,66,77,80)(H,67,78,81)/p-2/t42?,45-,46+,47-,48-,49+,50-,52-,53+,54-/m1/s1. The molecule has 121 heavy (non-hydrogen) atoms. The van der Waals surface area contributed by atoms with E-state index in [1.165, 1.54) is 27.0 Å². The Hall–Kier alpha value is -6.04. The molecular weight excluding hydrogens is 1790 g/mol. The van der Waals surface area contributed by atoms with Crippen LogP contribution in [0, 0.1) is 27.7 Å². The van der Waals surface area contributed by atoms with E-state index in [2.05, 4.69) is 61.4 Å². The van der Waals surface area contributed by atoms with Crippen LogP contribution < -0.4 is 54.2 Å². The van der Waals surface area contributed by atoms with Crippen molar-refractivity contribution in [1.29, 1.82) is 0 Å². The molecule has 676 valence electrons. The Morgan fingerprint density at radius 1 is 0.504 bits per heavy atom. The lowest BCUT2D eigenvalue weighted by Gasteiger charge is -2.30. The van der Waals surface area contributed by atoms with E-state index in [-0.39, 0.29) is 80.8 Å². The van der Waals surface area contributed by atoms with Crippen LogP contribution in [0.3, 0.4) is 0 Å². The number of aliphatic hydroxyl groups is 2. The number of benzene rings is 1. The summed E-state index contributed by atoms with van der Waals surface area (Å²) in [6, 6.07) is 7.19. The summed E-state index contributed by atoms with van der Waals surface area (Å²) in [6.45, 7) is 2.69. The largest absolute Gasteiger partial charge is 0.756 e. The third-order valence-corrected chi connectivity index (χ3v) is 29.8. The summed E-state index contributed by atoms with van der Waals surface area (Å²) in [7, 11) is -47.8. The van der Waals surface area contributed by atoms with Gasteiger partial charge in [0.1, 0.15) is 43.1 Å². The SMILES string of the molecule is Cc1nnc(-c2ccc(CC(=O)NCCCCCCOP(=O)(O)OP(=O)(O)OP(=O)(O)OP(=O)(O)OP(=O)(O)OP(=O)(O)OC[C@@H]3O[C@H](n4cc(C)c(=O)[nH]c4=O)C[C@@H]3O)cc2)c2c1CCC(OC(=O)NCCCCCCOP(=O)([O-])OC[C@H]1O[C@@H](n3cc(C)c(=O)[nH]c3=O)C[C@H]1OP(=O)([O-])OC[C@H]1O[C@@H](n3cc(C)c(=O)[nH]c3=O)C[C@H]1O)CCC2. The first-order valence-corrected chi connectivity index (χ1v) is 48.9. The highest BCUT2D eigenvalue weighted by molar-refractivity contribution is 7.72. The normalized spacial score (nSPS) is 24.7. The van der Waals surface area contributed by atoms with E-state index in [1.807, 2.05) is 24.0 Å². The van der Waals surface area contributed by atoms with Gasteiger partial charge in [-0.2, -0.15) is 26.7 Å². The maximum Gasteiger partial charge on any atom is 0.490 e. The number of amides is 2. The van der Waals surface area contributed by atoms with Crippen LogP contribution >= 0.6 is 62.6 Å². The number of phosphoric ester groups is 4. The fourth-order valence-electron chi connectivity index (χ4n) is 12.8. The molecule has 0 spiro atoms. The molecule has 0 radical (unpaired) electrons.